The molecule has 0 radical (unpaired) electrons. The van der Waals surface area contributed by atoms with Crippen LogP contribution in [-0.4, -0.2) is 35.1 Å². The first-order valence-electron chi connectivity index (χ1n) is 12.4. The lowest BCUT2D eigenvalue weighted by Crippen LogP contribution is -2.40. The molecular formula is C26H36N6. The summed E-state index contributed by atoms with van der Waals surface area (Å²) in [6.07, 6.45) is 12.7. The van der Waals surface area contributed by atoms with Crippen molar-refractivity contribution < 1.29 is 0 Å². The molecule has 170 valence electrons. The van der Waals surface area contributed by atoms with Crippen LogP contribution >= 0.6 is 0 Å². The van der Waals surface area contributed by atoms with Gasteiger partial charge in [-0.05, 0) is 43.9 Å². The van der Waals surface area contributed by atoms with Gasteiger partial charge in [-0.15, -0.1) is 0 Å². The van der Waals surface area contributed by atoms with E-state index in [1.165, 1.54) is 44.9 Å². The first-order valence-corrected chi connectivity index (χ1v) is 12.4. The molecule has 6 nitrogen and oxygen atoms in total. The molecule has 4 rings (SSSR count). The number of benzene rings is 1. The van der Waals surface area contributed by atoms with Crippen LogP contribution in [0.25, 0.3) is 0 Å². The van der Waals surface area contributed by atoms with Crippen LogP contribution in [0, 0.1) is 11.3 Å². The van der Waals surface area contributed by atoms with Crippen LogP contribution in [0.4, 0.5) is 17.5 Å². The molecule has 1 aromatic carbocycles. The van der Waals surface area contributed by atoms with Gasteiger partial charge in [-0.2, -0.15) is 10.2 Å². The molecule has 1 aromatic heterocycles. The first-order chi connectivity index (χ1) is 15.7. The molecule has 2 N–H and O–H groups in total. The minimum Gasteiger partial charge on any atom is -0.355 e. The lowest BCUT2D eigenvalue weighted by Gasteiger charge is -2.25. The van der Waals surface area contributed by atoms with Crippen LogP contribution in [0.1, 0.15) is 76.0 Å². The fraction of sp³-hybridized carbons (Fsp3) is 0.577. The van der Waals surface area contributed by atoms with E-state index in [1.54, 1.807) is 6.07 Å². The van der Waals surface area contributed by atoms with Crippen molar-refractivity contribution >= 4 is 17.5 Å². The number of hydrogen-bond donors (Lipinski definition) is 2. The average Bonchev–Trinajstić information content (AvgIpc) is 3.24. The SMILES string of the molecule is CCCc1cc(N2CCC(NC3CCCCCCC3)C2)nc(Nc2cccc(C#N)c2)n1. The Hall–Kier alpha value is -2.65. The third-order valence-electron chi connectivity index (χ3n) is 6.61. The minimum absolute atomic E-state index is 0.535. The highest BCUT2D eigenvalue weighted by Crippen LogP contribution is 2.25. The molecule has 0 spiro atoms. The van der Waals surface area contributed by atoms with Gasteiger partial charge in [0.1, 0.15) is 5.82 Å². The van der Waals surface area contributed by atoms with Gasteiger partial charge in [0.05, 0.1) is 11.6 Å². The van der Waals surface area contributed by atoms with Crippen LogP contribution in [0.3, 0.4) is 0 Å². The third-order valence-corrected chi connectivity index (χ3v) is 6.61. The largest absolute Gasteiger partial charge is 0.355 e. The fourth-order valence-electron chi connectivity index (χ4n) is 4.94. The van der Waals surface area contributed by atoms with Gasteiger partial charge in [0, 0.05) is 42.6 Å². The van der Waals surface area contributed by atoms with Gasteiger partial charge in [-0.3, -0.25) is 0 Å². The topological polar surface area (TPSA) is 76.9 Å². The summed E-state index contributed by atoms with van der Waals surface area (Å²) in [5, 5.41) is 16.5. The Morgan fingerprint density at radius 2 is 1.84 bits per heavy atom. The van der Waals surface area contributed by atoms with Gasteiger partial charge >= 0.3 is 0 Å². The molecule has 2 heterocycles. The number of anilines is 3. The van der Waals surface area contributed by atoms with Crippen LogP contribution < -0.4 is 15.5 Å². The predicted molar refractivity (Wildman–Crippen MR) is 130 cm³/mol. The molecule has 1 saturated carbocycles. The summed E-state index contributed by atoms with van der Waals surface area (Å²) < 4.78 is 0. The van der Waals surface area contributed by atoms with Gasteiger partial charge in [0.15, 0.2) is 0 Å². The molecule has 0 amide bonds. The molecule has 0 bridgehead atoms. The molecule has 1 aliphatic heterocycles. The van der Waals surface area contributed by atoms with Crippen LogP contribution in [0.5, 0.6) is 0 Å². The van der Waals surface area contributed by atoms with E-state index in [-0.39, 0.29) is 0 Å². The normalized spacial score (nSPS) is 19.9. The summed E-state index contributed by atoms with van der Waals surface area (Å²) >= 11 is 0. The third kappa shape index (κ3) is 6.20. The lowest BCUT2D eigenvalue weighted by atomic mass is 9.96. The van der Waals surface area contributed by atoms with Gasteiger partial charge in [0.25, 0.3) is 0 Å². The van der Waals surface area contributed by atoms with E-state index >= 15 is 0 Å². The standard InChI is InChI=1S/C26H36N6/c1-2-9-22-17-25(31-26(29-22)30-23-13-8-10-20(16-23)18-27)32-15-14-24(19-32)28-21-11-6-4-3-5-7-12-21/h8,10,13,16-17,21,24,28H,2-7,9,11-12,14-15,19H2,1H3,(H,29,30,31). The molecule has 2 aliphatic rings. The first kappa shape index (κ1) is 22.5. The van der Waals surface area contributed by atoms with Crippen molar-refractivity contribution in [2.75, 3.05) is 23.3 Å². The number of rotatable bonds is 7. The molecule has 1 saturated heterocycles. The number of aryl methyl sites for hydroxylation is 1. The second-order valence-corrected chi connectivity index (χ2v) is 9.25. The Labute approximate surface area is 192 Å². The van der Waals surface area contributed by atoms with Crippen LogP contribution in [-0.2, 0) is 6.42 Å². The average molecular weight is 433 g/mol. The summed E-state index contributed by atoms with van der Waals surface area (Å²) in [5.74, 6) is 1.61. The van der Waals surface area contributed by atoms with Gasteiger partial charge in [0.2, 0.25) is 5.95 Å². The Morgan fingerprint density at radius 1 is 1.03 bits per heavy atom. The van der Waals surface area contributed by atoms with Crippen LogP contribution in [0.2, 0.25) is 0 Å². The monoisotopic (exact) mass is 432 g/mol. The van der Waals surface area contributed by atoms with Crippen LogP contribution in [0.15, 0.2) is 30.3 Å². The summed E-state index contributed by atoms with van der Waals surface area (Å²) in [6, 6.07) is 13.0. The van der Waals surface area contributed by atoms with Gasteiger partial charge in [-0.1, -0.05) is 51.5 Å². The van der Waals surface area contributed by atoms with Gasteiger partial charge in [-0.25, -0.2) is 4.98 Å². The van der Waals surface area contributed by atoms with E-state index in [2.05, 4.69) is 34.6 Å². The second kappa shape index (κ2) is 11.3. The minimum atomic E-state index is 0.535. The smallest absolute Gasteiger partial charge is 0.229 e. The van der Waals surface area contributed by atoms with E-state index < -0.39 is 0 Å². The van der Waals surface area contributed by atoms with E-state index in [4.69, 9.17) is 9.97 Å². The zero-order chi connectivity index (χ0) is 22.2. The molecule has 1 aliphatic carbocycles. The zero-order valence-electron chi connectivity index (χ0n) is 19.3. The van der Waals surface area contributed by atoms with Crippen molar-refractivity contribution in [3.8, 4) is 6.07 Å². The van der Waals surface area contributed by atoms with Crippen molar-refractivity contribution in [2.45, 2.75) is 83.2 Å². The number of nitrogens with one attached hydrogen (secondary N) is 2. The number of hydrogen-bond acceptors (Lipinski definition) is 6. The Kier molecular flexibility index (Phi) is 7.95. The van der Waals surface area contributed by atoms with Crippen molar-refractivity contribution in [3.05, 3.63) is 41.6 Å². The summed E-state index contributed by atoms with van der Waals surface area (Å²) in [6.45, 7) is 4.20. The van der Waals surface area contributed by atoms with Crippen molar-refractivity contribution in [3.63, 3.8) is 0 Å². The Balaban J connectivity index is 1.44. The van der Waals surface area contributed by atoms with Gasteiger partial charge < -0.3 is 15.5 Å². The lowest BCUT2D eigenvalue weighted by molar-refractivity contribution is 0.359. The molecule has 32 heavy (non-hydrogen) atoms. The maximum absolute atomic E-state index is 9.18. The van der Waals surface area contributed by atoms with Crippen molar-refractivity contribution in [2.24, 2.45) is 0 Å². The fourth-order valence-corrected chi connectivity index (χ4v) is 4.94. The Morgan fingerprint density at radius 3 is 2.62 bits per heavy atom. The highest BCUT2D eigenvalue weighted by Gasteiger charge is 2.26. The summed E-state index contributed by atoms with van der Waals surface area (Å²) in [4.78, 5) is 12.0. The molecule has 2 aromatic rings. The number of aromatic nitrogens is 2. The maximum atomic E-state index is 9.18. The quantitative estimate of drug-likeness (QED) is 0.616. The van der Waals surface area contributed by atoms with E-state index in [0.717, 1.165) is 49.6 Å². The highest BCUT2D eigenvalue weighted by molar-refractivity contribution is 5.58. The van der Waals surface area contributed by atoms with E-state index in [0.29, 0.717) is 23.6 Å². The molecule has 1 unspecified atom stereocenters. The predicted octanol–water partition coefficient (Wildman–Crippen LogP) is 5.33. The van der Waals surface area contributed by atoms with E-state index in [1.807, 2.05) is 18.2 Å². The summed E-state index contributed by atoms with van der Waals surface area (Å²) in [5.41, 5.74) is 2.53. The number of nitrogens with zero attached hydrogens (tertiary/aromatic N) is 4. The van der Waals surface area contributed by atoms with E-state index in [9.17, 15) is 5.26 Å². The second-order valence-electron chi connectivity index (χ2n) is 9.25. The maximum Gasteiger partial charge on any atom is 0.229 e. The summed E-state index contributed by atoms with van der Waals surface area (Å²) in [7, 11) is 0. The zero-order valence-corrected chi connectivity index (χ0v) is 19.3. The Bertz CT molecular complexity index is 913. The highest BCUT2D eigenvalue weighted by atomic mass is 15.3. The number of nitriles is 1. The molecular weight excluding hydrogens is 396 g/mol. The molecule has 6 heteroatoms. The van der Waals surface area contributed by atoms with Crippen molar-refractivity contribution in [1.29, 1.82) is 5.26 Å². The van der Waals surface area contributed by atoms with Crippen molar-refractivity contribution in [1.82, 2.24) is 15.3 Å². The molecule has 2 fully saturated rings. The molecule has 1 atom stereocenters.